The van der Waals surface area contributed by atoms with Crippen molar-refractivity contribution >= 4 is 5.91 Å². The number of aliphatic hydroxyl groups is 1. The third-order valence-electron chi connectivity index (χ3n) is 2.79. The van der Waals surface area contributed by atoms with Crippen molar-refractivity contribution in [3.05, 3.63) is 24.0 Å². The summed E-state index contributed by atoms with van der Waals surface area (Å²) in [5.74, 6) is 0.143. The van der Waals surface area contributed by atoms with Gasteiger partial charge in [0.1, 0.15) is 5.75 Å². The lowest BCUT2D eigenvalue weighted by molar-refractivity contribution is 0.0844. The van der Waals surface area contributed by atoms with Gasteiger partial charge in [0.15, 0.2) is 0 Å². The standard InChI is InChI=1S/C12H18N2O3/c1-4-12(2,8-15)14-11(16)9-5-6-13-7-10(9)17-3/h5-7,15H,4,8H2,1-3H3,(H,14,16). The molecule has 0 spiro atoms. The molecular weight excluding hydrogens is 220 g/mol. The zero-order valence-corrected chi connectivity index (χ0v) is 10.4. The highest BCUT2D eigenvalue weighted by molar-refractivity contribution is 5.97. The van der Waals surface area contributed by atoms with E-state index in [1.54, 1.807) is 13.0 Å². The Kier molecular flexibility index (Phi) is 4.45. The molecule has 94 valence electrons. The van der Waals surface area contributed by atoms with E-state index in [0.29, 0.717) is 17.7 Å². The average molecular weight is 238 g/mol. The Morgan fingerprint density at radius 2 is 2.35 bits per heavy atom. The number of carbonyl (C=O) groups is 1. The predicted molar refractivity (Wildman–Crippen MR) is 64.0 cm³/mol. The normalized spacial score (nSPS) is 13.9. The number of hydrogen-bond donors (Lipinski definition) is 2. The Hall–Kier alpha value is -1.62. The van der Waals surface area contributed by atoms with E-state index in [4.69, 9.17) is 4.74 Å². The topological polar surface area (TPSA) is 71.5 Å². The molecule has 0 aromatic carbocycles. The maximum Gasteiger partial charge on any atom is 0.255 e. The molecule has 2 N–H and O–H groups in total. The Bertz CT molecular complexity index is 389. The van der Waals surface area contributed by atoms with Crippen molar-refractivity contribution in [3.8, 4) is 5.75 Å². The first-order valence-electron chi connectivity index (χ1n) is 5.47. The highest BCUT2D eigenvalue weighted by Gasteiger charge is 2.25. The molecule has 0 aliphatic heterocycles. The molecule has 1 aromatic heterocycles. The highest BCUT2D eigenvalue weighted by atomic mass is 16.5. The molecule has 0 saturated carbocycles. The first-order chi connectivity index (χ1) is 8.06. The minimum Gasteiger partial charge on any atom is -0.494 e. The summed E-state index contributed by atoms with van der Waals surface area (Å²) in [6, 6.07) is 1.58. The summed E-state index contributed by atoms with van der Waals surface area (Å²) in [5.41, 5.74) is -0.207. The zero-order chi connectivity index (χ0) is 12.9. The number of rotatable bonds is 5. The maximum atomic E-state index is 12.0. The fourth-order valence-corrected chi connectivity index (χ4v) is 1.31. The second kappa shape index (κ2) is 5.63. The van der Waals surface area contributed by atoms with Crippen LogP contribution in [0.3, 0.4) is 0 Å². The predicted octanol–water partition coefficient (Wildman–Crippen LogP) is 0.981. The molecule has 0 aliphatic carbocycles. The van der Waals surface area contributed by atoms with E-state index >= 15 is 0 Å². The van der Waals surface area contributed by atoms with Crippen molar-refractivity contribution < 1.29 is 14.6 Å². The lowest BCUT2D eigenvalue weighted by Gasteiger charge is -2.27. The summed E-state index contributed by atoms with van der Waals surface area (Å²) < 4.78 is 5.06. The molecule has 1 rings (SSSR count). The van der Waals surface area contributed by atoms with Crippen molar-refractivity contribution in [2.45, 2.75) is 25.8 Å². The SMILES string of the molecule is CCC(C)(CO)NC(=O)c1ccncc1OC. The molecule has 0 radical (unpaired) electrons. The second-order valence-electron chi connectivity index (χ2n) is 4.10. The fraction of sp³-hybridized carbons (Fsp3) is 0.500. The Balaban J connectivity index is 2.90. The first-order valence-corrected chi connectivity index (χ1v) is 5.47. The number of aliphatic hydroxyl groups excluding tert-OH is 1. The van der Waals surface area contributed by atoms with Gasteiger partial charge in [0.05, 0.1) is 31.0 Å². The third kappa shape index (κ3) is 3.17. The van der Waals surface area contributed by atoms with Gasteiger partial charge in [0, 0.05) is 6.20 Å². The number of hydrogen-bond acceptors (Lipinski definition) is 4. The van der Waals surface area contributed by atoms with Gasteiger partial charge in [0.2, 0.25) is 0 Å². The maximum absolute atomic E-state index is 12.0. The van der Waals surface area contributed by atoms with Crippen molar-refractivity contribution in [1.82, 2.24) is 10.3 Å². The summed E-state index contributed by atoms with van der Waals surface area (Å²) in [5, 5.41) is 12.0. The van der Waals surface area contributed by atoms with Gasteiger partial charge in [-0.15, -0.1) is 0 Å². The average Bonchev–Trinajstić information content (AvgIpc) is 2.38. The molecule has 1 unspecified atom stereocenters. The molecule has 5 nitrogen and oxygen atoms in total. The Labute approximate surface area is 101 Å². The van der Waals surface area contributed by atoms with Gasteiger partial charge < -0.3 is 15.2 Å². The van der Waals surface area contributed by atoms with Crippen LogP contribution < -0.4 is 10.1 Å². The first kappa shape index (κ1) is 13.4. The Morgan fingerprint density at radius 1 is 1.65 bits per heavy atom. The molecule has 0 saturated heterocycles. The van der Waals surface area contributed by atoms with E-state index in [-0.39, 0.29) is 12.5 Å². The van der Waals surface area contributed by atoms with E-state index in [9.17, 15) is 9.90 Å². The van der Waals surface area contributed by atoms with Gasteiger partial charge in [-0.2, -0.15) is 0 Å². The van der Waals surface area contributed by atoms with Crippen LogP contribution in [0.2, 0.25) is 0 Å². The molecule has 0 fully saturated rings. The van der Waals surface area contributed by atoms with Crippen molar-refractivity contribution in [2.75, 3.05) is 13.7 Å². The monoisotopic (exact) mass is 238 g/mol. The molecule has 0 aliphatic rings. The van der Waals surface area contributed by atoms with E-state index in [2.05, 4.69) is 10.3 Å². The largest absolute Gasteiger partial charge is 0.494 e. The lowest BCUT2D eigenvalue weighted by atomic mass is 9.99. The molecule has 1 aromatic rings. The van der Waals surface area contributed by atoms with Gasteiger partial charge in [0.25, 0.3) is 5.91 Å². The van der Waals surface area contributed by atoms with E-state index in [1.807, 2.05) is 6.92 Å². The highest BCUT2D eigenvalue weighted by Crippen LogP contribution is 2.17. The van der Waals surface area contributed by atoms with Crippen LogP contribution in [-0.4, -0.2) is 35.3 Å². The summed E-state index contributed by atoms with van der Waals surface area (Å²) in [6.45, 7) is 3.58. The third-order valence-corrected chi connectivity index (χ3v) is 2.79. The van der Waals surface area contributed by atoms with Crippen LogP contribution >= 0.6 is 0 Å². The van der Waals surface area contributed by atoms with E-state index in [1.165, 1.54) is 19.5 Å². The summed E-state index contributed by atoms with van der Waals surface area (Å²) >= 11 is 0. The summed E-state index contributed by atoms with van der Waals surface area (Å²) in [7, 11) is 1.48. The number of aromatic nitrogens is 1. The minimum absolute atomic E-state index is 0.108. The smallest absolute Gasteiger partial charge is 0.255 e. The molecule has 1 atom stereocenters. The van der Waals surface area contributed by atoms with E-state index in [0.717, 1.165) is 0 Å². The van der Waals surface area contributed by atoms with Crippen molar-refractivity contribution in [2.24, 2.45) is 0 Å². The van der Waals surface area contributed by atoms with Crippen LogP contribution in [0, 0.1) is 0 Å². The van der Waals surface area contributed by atoms with Crippen LogP contribution in [-0.2, 0) is 0 Å². The molecule has 0 bridgehead atoms. The van der Waals surface area contributed by atoms with Crippen LogP contribution in [0.5, 0.6) is 5.75 Å². The van der Waals surface area contributed by atoms with Gasteiger partial charge >= 0.3 is 0 Å². The van der Waals surface area contributed by atoms with Gasteiger partial charge in [-0.1, -0.05) is 6.92 Å². The summed E-state index contributed by atoms with van der Waals surface area (Å²) in [4.78, 5) is 15.9. The number of nitrogens with zero attached hydrogens (tertiary/aromatic N) is 1. The van der Waals surface area contributed by atoms with Crippen LogP contribution in [0.1, 0.15) is 30.6 Å². The Morgan fingerprint density at radius 3 is 2.88 bits per heavy atom. The quantitative estimate of drug-likeness (QED) is 0.802. The minimum atomic E-state index is -0.620. The van der Waals surface area contributed by atoms with E-state index < -0.39 is 5.54 Å². The van der Waals surface area contributed by atoms with Crippen molar-refractivity contribution in [1.29, 1.82) is 0 Å². The number of ether oxygens (including phenoxy) is 1. The fourth-order valence-electron chi connectivity index (χ4n) is 1.31. The molecule has 1 amide bonds. The summed E-state index contributed by atoms with van der Waals surface area (Å²) in [6.07, 6.45) is 3.65. The van der Waals surface area contributed by atoms with Crippen LogP contribution in [0.25, 0.3) is 0 Å². The van der Waals surface area contributed by atoms with Gasteiger partial charge in [-0.05, 0) is 19.4 Å². The molecular formula is C12H18N2O3. The molecule has 5 heteroatoms. The van der Waals surface area contributed by atoms with Crippen LogP contribution in [0.4, 0.5) is 0 Å². The number of amides is 1. The second-order valence-corrected chi connectivity index (χ2v) is 4.10. The molecule has 1 heterocycles. The zero-order valence-electron chi connectivity index (χ0n) is 10.4. The lowest BCUT2D eigenvalue weighted by Crippen LogP contribution is -2.48. The van der Waals surface area contributed by atoms with Crippen molar-refractivity contribution in [3.63, 3.8) is 0 Å². The van der Waals surface area contributed by atoms with Crippen LogP contribution in [0.15, 0.2) is 18.5 Å². The number of nitrogens with one attached hydrogen (secondary N) is 1. The number of carbonyl (C=O) groups excluding carboxylic acids is 1. The number of pyridine rings is 1. The number of methoxy groups -OCH3 is 1. The van der Waals surface area contributed by atoms with Gasteiger partial charge in [-0.25, -0.2) is 0 Å². The van der Waals surface area contributed by atoms with Gasteiger partial charge in [-0.3, -0.25) is 9.78 Å². The molecule has 17 heavy (non-hydrogen) atoms.